The van der Waals surface area contributed by atoms with E-state index >= 15 is 0 Å². The second-order valence-electron chi connectivity index (χ2n) is 3.57. The van der Waals surface area contributed by atoms with Gasteiger partial charge in [-0.1, -0.05) is 6.08 Å². The summed E-state index contributed by atoms with van der Waals surface area (Å²) in [6.07, 6.45) is 6.94. The van der Waals surface area contributed by atoms with E-state index in [0.717, 1.165) is 10.2 Å². The summed E-state index contributed by atoms with van der Waals surface area (Å²) in [6.45, 7) is 0.425. The van der Waals surface area contributed by atoms with Crippen LogP contribution in [0.25, 0.3) is 6.08 Å². The highest BCUT2D eigenvalue weighted by atomic mass is 79.9. The molecule has 0 aromatic carbocycles. The highest BCUT2D eigenvalue weighted by Crippen LogP contribution is 2.10. The Bertz CT molecular complexity index is 572. The maximum atomic E-state index is 11.6. The third-order valence-electron chi connectivity index (χ3n) is 2.19. The summed E-state index contributed by atoms with van der Waals surface area (Å²) in [5, 5.41) is 2.75. The number of nitrogens with two attached hydrogens (primary N) is 1. The van der Waals surface area contributed by atoms with Gasteiger partial charge in [0, 0.05) is 17.2 Å². The zero-order valence-electron chi connectivity index (χ0n) is 9.40. The van der Waals surface area contributed by atoms with Gasteiger partial charge in [0.1, 0.15) is 5.69 Å². The number of aromatic amines is 2. The molecule has 0 unspecified atom stereocenters. The van der Waals surface area contributed by atoms with Crippen LogP contribution in [0.15, 0.2) is 29.0 Å². The number of carbonyl (C=O) groups is 1. The van der Waals surface area contributed by atoms with Crippen LogP contribution in [0.4, 0.5) is 5.95 Å². The summed E-state index contributed by atoms with van der Waals surface area (Å²) in [7, 11) is 0. The van der Waals surface area contributed by atoms with Crippen LogP contribution in [0.1, 0.15) is 16.2 Å². The van der Waals surface area contributed by atoms with Gasteiger partial charge in [-0.25, -0.2) is 4.98 Å². The molecule has 0 fully saturated rings. The molecule has 0 aliphatic rings. The first-order valence-electron chi connectivity index (χ1n) is 5.24. The van der Waals surface area contributed by atoms with Crippen molar-refractivity contribution in [2.75, 3.05) is 12.3 Å². The summed E-state index contributed by atoms with van der Waals surface area (Å²) >= 11 is 3.27. The van der Waals surface area contributed by atoms with Gasteiger partial charge < -0.3 is 21.0 Å². The van der Waals surface area contributed by atoms with Crippen molar-refractivity contribution in [3.63, 3.8) is 0 Å². The number of halogens is 1. The second-order valence-corrected chi connectivity index (χ2v) is 4.48. The molecule has 0 saturated carbocycles. The van der Waals surface area contributed by atoms with E-state index in [1.165, 1.54) is 0 Å². The monoisotopic (exact) mass is 309 g/mol. The smallest absolute Gasteiger partial charge is 0.267 e. The fourth-order valence-electron chi connectivity index (χ4n) is 1.37. The number of imidazole rings is 1. The van der Waals surface area contributed by atoms with Gasteiger partial charge in [-0.2, -0.15) is 0 Å². The number of hydrogen-bond donors (Lipinski definition) is 4. The van der Waals surface area contributed by atoms with Crippen LogP contribution in [0, 0.1) is 0 Å². The molecule has 0 aliphatic heterocycles. The van der Waals surface area contributed by atoms with Gasteiger partial charge in [0.15, 0.2) is 5.95 Å². The summed E-state index contributed by atoms with van der Waals surface area (Å²) in [4.78, 5) is 21.2. The molecule has 2 aromatic rings. The second kappa shape index (κ2) is 5.54. The zero-order valence-corrected chi connectivity index (χ0v) is 11.0. The summed E-state index contributed by atoms with van der Waals surface area (Å²) in [5.41, 5.74) is 6.74. The molecule has 5 N–H and O–H groups in total. The minimum atomic E-state index is -0.158. The third kappa shape index (κ3) is 3.24. The van der Waals surface area contributed by atoms with Gasteiger partial charge >= 0.3 is 0 Å². The Morgan fingerprint density at radius 3 is 3.06 bits per heavy atom. The Morgan fingerprint density at radius 2 is 2.44 bits per heavy atom. The van der Waals surface area contributed by atoms with Gasteiger partial charge in [-0.3, -0.25) is 4.79 Å². The van der Waals surface area contributed by atoms with Crippen molar-refractivity contribution >= 4 is 33.9 Å². The molecule has 18 heavy (non-hydrogen) atoms. The minimum Gasteiger partial charge on any atom is -0.369 e. The Kier molecular flexibility index (Phi) is 3.83. The van der Waals surface area contributed by atoms with Crippen molar-refractivity contribution in [3.05, 3.63) is 40.4 Å². The van der Waals surface area contributed by atoms with E-state index in [0.29, 0.717) is 18.2 Å². The number of rotatable bonds is 4. The third-order valence-corrected chi connectivity index (χ3v) is 2.64. The molecule has 0 atom stereocenters. The molecule has 0 bridgehead atoms. The number of nitrogens with one attached hydrogen (secondary N) is 3. The summed E-state index contributed by atoms with van der Waals surface area (Å²) in [6, 6.07) is 1.72. The Balaban J connectivity index is 1.82. The van der Waals surface area contributed by atoms with Gasteiger partial charge in [0.2, 0.25) is 0 Å². The molecule has 2 heterocycles. The molecule has 1 amide bonds. The van der Waals surface area contributed by atoms with E-state index in [1.807, 2.05) is 6.08 Å². The van der Waals surface area contributed by atoms with E-state index in [1.54, 1.807) is 24.5 Å². The van der Waals surface area contributed by atoms with Gasteiger partial charge in [-0.05, 0) is 28.1 Å². The van der Waals surface area contributed by atoms with Gasteiger partial charge in [0.05, 0.1) is 11.9 Å². The molecule has 6 nitrogen and oxygen atoms in total. The van der Waals surface area contributed by atoms with E-state index in [4.69, 9.17) is 5.73 Å². The topological polar surface area (TPSA) is 99.6 Å². The number of hydrogen-bond acceptors (Lipinski definition) is 3. The zero-order chi connectivity index (χ0) is 13.0. The largest absolute Gasteiger partial charge is 0.369 e. The normalized spacial score (nSPS) is 10.9. The van der Waals surface area contributed by atoms with Crippen LogP contribution in [0.2, 0.25) is 0 Å². The van der Waals surface area contributed by atoms with Gasteiger partial charge in [0.25, 0.3) is 5.91 Å². The first-order valence-corrected chi connectivity index (χ1v) is 6.03. The average Bonchev–Trinajstić information content (AvgIpc) is 2.93. The molecule has 0 aliphatic carbocycles. The number of carbonyl (C=O) groups excluding carboxylic acids is 1. The van der Waals surface area contributed by atoms with Crippen LogP contribution in [0.3, 0.4) is 0 Å². The average molecular weight is 310 g/mol. The minimum absolute atomic E-state index is 0.158. The molecule has 2 rings (SSSR count). The number of aromatic nitrogens is 3. The number of nitrogen functional groups attached to an aromatic ring is 1. The van der Waals surface area contributed by atoms with Crippen molar-refractivity contribution < 1.29 is 4.79 Å². The van der Waals surface area contributed by atoms with Crippen LogP contribution in [0.5, 0.6) is 0 Å². The molecule has 0 spiro atoms. The lowest BCUT2D eigenvalue weighted by Crippen LogP contribution is -2.23. The molecule has 0 saturated heterocycles. The molecule has 7 heteroatoms. The Labute approximate surface area is 112 Å². The first-order chi connectivity index (χ1) is 8.65. The Morgan fingerprint density at radius 1 is 1.61 bits per heavy atom. The highest BCUT2D eigenvalue weighted by molar-refractivity contribution is 9.10. The summed E-state index contributed by atoms with van der Waals surface area (Å²) in [5.74, 6) is 0.212. The lowest BCUT2D eigenvalue weighted by molar-refractivity contribution is 0.0953. The van der Waals surface area contributed by atoms with Crippen LogP contribution in [-0.4, -0.2) is 27.4 Å². The van der Waals surface area contributed by atoms with E-state index in [-0.39, 0.29) is 5.91 Å². The maximum absolute atomic E-state index is 11.6. The Hall–Kier alpha value is -2.02. The van der Waals surface area contributed by atoms with Crippen molar-refractivity contribution in [2.24, 2.45) is 0 Å². The van der Waals surface area contributed by atoms with Crippen molar-refractivity contribution in [1.82, 2.24) is 20.3 Å². The lowest BCUT2D eigenvalue weighted by Gasteiger charge is -1.98. The fraction of sp³-hybridized carbons (Fsp3) is 0.0909. The van der Waals surface area contributed by atoms with Crippen LogP contribution < -0.4 is 11.1 Å². The number of nitrogens with zero attached hydrogens (tertiary/aromatic N) is 1. The number of amides is 1. The van der Waals surface area contributed by atoms with E-state index < -0.39 is 0 Å². The number of anilines is 1. The van der Waals surface area contributed by atoms with Crippen LogP contribution >= 0.6 is 15.9 Å². The predicted octanol–water partition coefficient (Wildman–Crippen LogP) is 1.53. The maximum Gasteiger partial charge on any atom is 0.267 e. The van der Waals surface area contributed by atoms with Crippen LogP contribution in [-0.2, 0) is 0 Å². The number of H-pyrrole nitrogens is 2. The van der Waals surface area contributed by atoms with E-state index in [2.05, 4.69) is 36.2 Å². The lowest BCUT2D eigenvalue weighted by atomic mass is 10.4. The van der Waals surface area contributed by atoms with Crippen molar-refractivity contribution in [2.45, 2.75) is 0 Å². The van der Waals surface area contributed by atoms with Gasteiger partial charge in [-0.15, -0.1) is 0 Å². The predicted molar refractivity (Wildman–Crippen MR) is 72.9 cm³/mol. The molecular formula is C11H12BrN5O. The summed E-state index contributed by atoms with van der Waals surface area (Å²) < 4.78 is 0.844. The standard InChI is InChI=1S/C11H12BrN5O/c12-7-4-9(15-5-7)10(18)14-3-1-2-8-6-16-11(13)17-8/h1-2,4-6,15H,3H2,(H,14,18)(H3,13,16,17)/b2-1-. The van der Waals surface area contributed by atoms with Crippen molar-refractivity contribution in [1.29, 1.82) is 0 Å². The SMILES string of the molecule is Nc1ncc(/C=C\CNC(=O)c2cc(Br)c[nH]2)[nH]1. The molecule has 2 aromatic heterocycles. The molecular weight excluding hydrogens is 298 g/mol. The molecule has 94 valence electrons. The molecule has 0 radical (unpaired) electrons. The first kappa shape index (κ1) is 12.4. The fourth-order valence-corrected chi connectivity index (χ4v) is 1.71. The quantitative estimate of drug-likeness (QED) is 0.689. The van der Waals surface area contributed by atoms with E-state index in [9.17, 15) is 4.79 Å². The highest BCUT2D eigenvalue weighted by Gasteiger charge is 2.05. The van der Waals surface area contributed by atoms with Crippen molar-refractivity contribution in [3.8, 4) is 0 Å².